The summed E-state index contributed by atoms with van der Waals surface area (Å²) in [5.41, 5.74) is 3.16. The fourth-order valence-electron chi connectivity index (χ4n) is 4.16. The predicted molar refractivity (Wildman–Crippen MR) is 104 cm³/mol. The standard InChI is InChI=1S/C21H20FN3O3/c1-13(26)17-12-23-25-6-4-15(11-19(17)25)24-5-2-3-18(24)16-9-14(22)10-20-21(16)28-8-7-27-20/h4,6,9-12,18,26H,1-3,5,7-8H2. The van der Waals surface area contributed by atoms with Crippen molar-refractivity contribution in [1.82, 2.24) is 9.61 Å². The Kier molecular flexibility index (Phi) is 3.89. The van der Waals surface area contributed by atoms with Crippen molar-refractivity contribution in [1.29, 1.82) is 0 Å². The minimum Gasteiger partial charge on any atom is -0.508 e. The van der Waals surface area contributed by atoms with Gasteiger partial charge in [-0.3, -0.25) is 0 Å². The van der Waals surface area contributed by atoms with E-state index in [1.807, 2.05) is 18.3 Å². The Hall–Kier alpha value is -3.22. The summed E-state index contributed by atoms with van der Waals surface area (Å²) in [6.07, 6.45) is 5.33. The number of hydrogen-bond acceptors (Lipinski definition) is 5. The lowest BCUT2D eigenvalue weighted by Gasteiger charge is -2.30. The molecule has 2 aromatic heterocycles. The zero-order chi connectivity index (χ0) is 19.3. The zero-order valence-electron chi connectivity index (χ0n) is 15.3. The van der Waals surface area contributed by atoms with Crippen LogP contribution in [0, 0.1) is 5.82 Å². The normalized spacial score (nSPS) is 18.6. The van der Waals surface area contributed by atoms with E-state index in [9.17, 15) is 9.50 Å². The number of anilines is 1. The van der Waals surface area contributed by atoms with Crippen molar-refractivity contribution in [2.24, 2.45) is 0 Å². The Labute approximate surface area is 161 Å². The zero-order valence-corrected chi connectivity index (χ0v) is 15.3. The third kappa shape index (κ3) is 2.66. The number of ether oxygens (including phenoxy) is 2. The maximum absolute atomic E-state index is 14.2. The molecule has 0 amide bonds. The SMILES string of the molecule is C=C(O)c1cnn2ccc(N3CCCC3c3cc(F)cc4c3OCCO4)cc12. The highest BCUT2D eigenvalue weighted by atomic mass is 19.1. The summed E-state index contributed by atoms with van der Waals surface area (Å²) in [7, 11) is 0. The van der Waals surface area contributed by atoms with E-state index < -0.39 is 0 Å². The maximum atomic E-state index is 14.2. The molecule has 0 radical (unpaired) electrons. The second kappa shape index (κ2) is 6.44. The molecule has 4 heterocycles. The average molecular weight is 381 g/mol. The van der Waals surface area contributed by atoms with Gasteiger partial charge in [0.05, 0.1) is 23.3 Å². The fourth-order valence-corrected chi connectivity index (χ4v) is 4.16. The van der Waals surface area contributed by atoms with Gasteiger partial charge in [0.2, 0.25) is 0 Å². The number of benzene rings is 1. The number of halogens is 1. The number of rotatable bonds is 3. The fraction of sp³-hybridized carbons (Fsp3) is 0.286. The van der Waals surface area contributed by atoms with Crippen LogP contribution in [0.15, 0.2) is 43.2 Å². The summed E-state index contributed by atoms with van der Waals surface area (Å²) >= 11 is 0. The van der Waals surface area contributed by atoms with Gasteiger partial charge in [0, 0.05) is 30.1 Å². The summed E-state index contributed by atoms with van der Waals surface area (Å²) in [5.74, 6) is 0.767. The molecule has 1 unspecified atom stereocenters. The van der Waals surface area contributed by atoms with E-state index in [1.165, 1.54) is 6.07 Å². The van der Waals surface area contributed by atoms with Gasteiger partial charge in [0.25, 0.3) is 0 Å². The van der Waals surface area contributed by atoms with Crippen LogP contribution in [0.1, 0.15) is 30.0 Å². The van der Waals surface area contributed by atoms with E-state index in [2.05, 4.69) is 16.6 Å². The van der Waals surface area contributed by atoms with Crippen LogP contribution < -0.4 is 14.4 Å². The first-order chi connectivity index (χ1) is 13.6. The monoisotopic (exact) mass is 381 g/mol. The maximum Gasteiger partial charge on any atom is 0.166 e. The van der Waals surface area contributed by atoms with E-state index in [1.54, 1.807) is 16.8 Å². The number of fused-ring (bicyclic) bond motifs is 2. The summed E-state index contributed by atoms with van der Waals surface area (Å²) < 4.78 is 27.4. The number of aromatic nitrogens is 2. The van der Waals surface area contributed by atoms with Gasteiger partial charge in [-0.15, -0.1) is 0 Å². The second-order valence-corrected chi connectivity index (χ2v) is 7.09. The minimum atomic E-state index is -0.323. The molecule has 2 aliphatic heterocycles. The van der Waals surface area contributed by atoms with Crippen molar-refractivity contribution < 1.29 is 19.0 Å². The van der Waals surface area contributed by atoms with Gasteiger partial charge >= 0.3 is 0 Å². The van der Waals surface area contributed by atoms with Crippen LogP contribution in [0.25, 0.3) is 11.3 Å². The number of aliphatic hydroxyl groups excluding tert-OH is 1. The molecule has 5 rings (SSSR count). The lowest BCUT2D eigenvalue weighted by atomic mass is 10.0. The molecule has 1 fully saturated rings. The molecule has 28 heavy (non-hydrogen) atoms. The summed E-state index contributed by atoms with van der Waals surface area (Å²) in [6, 6.07) is 6.87. The van der Waals surface area contributed by atoms with E-state index >= 15 is 0 Å². The summed E-state index contributed by atoms with van der Waals surface area (Å²) in [5, 5.41) is 14.1. The van der Waals surface area contributed by atoms with Gasteiger partial charge in [-0.1, -0.05) is 6.58 Å². The van der Waals surface area contributed by atoms with Gasteiger partial charge in [-0.2, -0.15) is 5.10 Å². The first-order valence-corrected chi connectivity index (χ1v) is 9.33. The molecule has 1 atom stereocenters. The molecule has 0 spiro atoms. The van der Waals surface area contributed by atoms with Crippen LogP contribution >= 0.6 is 0 Å². The van der Waals surface area contributed by atoms with Crippen LogP contribution in [0.3, 0.4) is 0 Å². The van der Waals surface area contributed by atoms with Crippen LogP contribution in [-0.4, -0.2) is 34.5 Å². The van der Waals surface area contributed by atoms with Gasteiger partial charge in [-0.05, 0) is 31.0 Å². The van der Waals surface area contributed by atoms with Crippen molar-refractivity contribution >= 4 is 17.0 Å². The molecule has 2 aliphatic rings. The lowest BCUT2D eigenvalue weighted by molar-refractivity contribution is 0.168. The van der Waals surface area contributed by atoms with Gasteiger partial charge in [0.1, 0.15) is 24.8 Å². The molecule has 1 aromatic carbocycles. The van der Waals surface area contributed by atoms with Gasteiger partial charge in [0.15, 0.2) is 11.5 Å². The number of pyridine rings is 1. The van der Waals surface area contributed by atoms with Crippen molar-refractivity contribution in [3.8, 4) is 11.5 Å². The molecule has 144 valence electrons. The summed E-state index contributed by atoms with van der Waals surface area (Å²) in [6.45, 7) is 5.34. The number of aliphatic hydroxyl groups is 1. The molecule has 7 heteroatoms. The van der Waals surface area contributed by atoms with Crippen molar-refractivity contribution in [3.05, 3.63) is 60.2 Å². The Balaban J connectivity index is 1.58. The first kappa shape index (κ1) is 16.9. The van der Waals surface area contributed by atoms with Gasteiger partial charge < -0.3 is 19.5 Å². The van der Waals surface area contributed by atoms with Crippen LogP contribution in [0.4, 0.5) is 10.1 Å². The highest BCUT2D eigenvalue weighted by Gasteiger charge is 2.32. The smallest absolute Gasteiger partial charge is 0.166 e. The van der Waals surface area contributed by atoms with Crippen LogP contribution in [0.2, 0.25) is 0 Å². The van der Waals surface area contributed by atoms with Crippen molar-refractivity contribution in [2.45, 2.75) is 18.9 Å². The highest BCUT2D eigenvalue weighted by Crippen LogP contribution is 2.45. The third-order valence-corrected chi connectivity index (χ3v) is 5.40. The van der Waals surface area contributed by atoms with E-state index in [0.29, 0.717) is 30.3 Å². The van der Waals surface area contributed by atoms with Crippen LogP contribution in [0.5, 0.6) is 11.5 Å². The lowest BCUT2D eigenvalue weighted by Crippen LogP contribution is -2.25. The van der Waals surface area contributed by atoms with E-state index in [0.717, 1.165) is 36.2 Å². The van der Waals surface area contributed by atoms with Crippen LogP contribution in [-0.2, 0) is 0 Å². The second-order valence-electron chi connectivity index (χ2n) is 7.09. The van der Waals surface area contributed by atoms with E-state index in [-0.39, 0.29) is 17.6 Å². The predicted octanol–water partition coefficient (Wildman–Crippen LogP) is 4.11. The topological polar surface area (TPSA) is 59.2 Å². The molecule has 1 N–H and O–H groups in total. The molecule has 0 bridgehead atoms. The average Bonchev–Trinajstić information content (AvgIpc) is 3.33. The van der Waals surface area contributed by atoms with Crippen molar-refractivity contribution in [3.63, 3.8) is 0 Å². The quantitative estimate of drug-likeness (QED) is 0.692. The molecule has 0 saturated carbocycles. The third-order valence-electron chi connectivity index (χ3n) is 5.40. The molecule has 6 nitrogen and oxygen atoms in total. The Bertz CT molecular complexity index is 1080. The summed E-state index contributed by atoms with van der Waals surface area (Å²) in [4.78, 5) is 2.24. The molecule has 0 aliphatic carbocycles. The molecular weight excluding hydrogens is 361 g/mol. The minimum absolute atomic E-state index is 0.0164. The Morgan fingerprint density at radius 3 is 2.96 bits per heavy atom. The van der Waals surface area contributed by atoms with Crippen molar-refractivity contribution in [2.75, 3.05) is 24.7 Å². The Morgan fingerprint density at radius 2 is 2.11 bits per heavy atom. The molecule has 1 saturated heterocycles. The van der Waals surface area contributed by atoms with E-state index in [4.69, 9.17) is 9.47 Å². The van der Waals surface area contributed by atoms with Gasteiger partial charge in [-0.25, -0.2) is 8.91 Å². The first-order valence-electron chi connectivity index (χ1n) is 9.33. The molecule has 3 aromatic rings. The number of hydrogen-bond donors (Lipinski definition) is 1. The Morgan fingerprint density at radius 1 is 1.25 bits per heavy atom. The number of nitrogens with zero attached hydrogens (tertiary/aromatic N) is 3. The highest BCUT2D eigenvalue weighted by molar-refractivity contribution is 5.75. The molecular formula is C21H20FN3O3. The largest absolute Gasteiger partial charge is 0.508 e.